The van der Waals surface area contributed by atoms with Gasteiger partial charge in [-0.1, -0.05) is 26.7 Å². The fraction of sp³-hybridized carbons (Fsp3) is 0.917. The zero-order valence-corrected chi connectivity index (χ0v) is 9.83. The van der Waals surface area contributed by atoms with Crippen LogP contribution in [0.3, 0.4) is 0 Å². The van der Waals surface area contributed by atoms with Crippen molar-refractivity contribution in [3.63, 3.8) is 0 Å². The lowest BCUT2D eigenvalue weighted by Gasteiger charge is -2.39. The van der Waals surface area contributed by atoms with Gasteiger partial charge in [-0.15, -0.1) is 0 Å². The Morgan fingerprint density at radius 2 is 2.13 bits per heavy atom. The van der Waals surface area contributed by atoms with Gasteiger partial charge in [-0.05, 0) is 25.2 Å². The monoisotopic (exact) mass is 210 g/mol. The lowest BCUT2D eigenvalue weighted by atomic mass is 9.84. The van der Waals surface area contributed by atoms with Crippen molar-refractivity contribution >= 4 is 5.91 Å². The smallest absolute Gasteiger partial charge is 0.238 e. The molecule has 1 heterocycles. The van der Waals surface area contributed by atoms with E-state index in [0.29, 0.717) is 30.6 Å². The third kappa shape index (κ3) is 2.03. The summed E-state index contributed by atoms with van der Waals surface area (Å²) in [6, 6.07) is 0.492. The van der Waals surface area contributed by atoms with Crippen molar-refractivity contribution in [2.75, 3.05) is 6.54 Å². The minimum Gasteiger partial charge on any atom is -0.323 e. The first kappa shape index (κ1) is 10.9. The highest BCUT2D eigenvalue weighted by atomic mass is 16.2. The van der Waals surface area contributed by atoms with Crippen LogP contribution in [-0.4, -0.2) is 29.6 Å². The summed E-state index contributed by atoms with van der Waals surface area (Å²) >= 11 is 0. The van der Waals surface area contributed by atoms with Gasteiger partial charge >= 0.3 is 0 Å². The molecule has 0 aromatic heterocycles. The van der Waals surface area contributed by atoms with E-state index in [1.807, 2.05) is 0 Å². The fourth-order valence-corrected chi connectivity index (χ4v) is 3.04. The first-order chi connectivity index (χ1) is 7.24. The van der Waals surface area contributed by atoms with Crippen LogP contribution in [-0.2, 0) is 4.79 Å². The maximum absolute atomic E-state index is 11.9. The summed E-state index contributed by atoms with van der Waals surface area (Å²) in [5.74, 6) is 0.984. The number of hydrogen-bond donors (Lipinski definition) is 1. The molecule has 1 saturated heterocycles. The lowest BCUT2D eigenvalue weighted by molar-refractivity contribution is -0.132. The zero-order chi connectivity index (χ0) is 10.8. The van der Waals surface area contributed by atoms with E-state index >= 15 is 0 Å². The molecule has 3 atom stereocenters. The van der Waals surface area contributed by atoms with E-state index in [0.717, 1.165) is 6.42 Å². The number of rotatable bonds is 2. The van der Waals surface area contributed by atoms with E-state index in [1.165, 1.54) is 25.7 Å². The van der Waals surface area contributed by atoms with Gasteiger partial charge in [0, 0.05) is 6.04 Å². The van der Waals surface area contributed by atoms with Crippen molar-refractivity contribution < 1.29 is 4.79 Å². The average Bonchev–Trinajstić information content (AvgIpc) is 2.60. The zero-order valence-electron chi connectivity index (χ0n) is 9.83. The highest BCUT2D eigenvalue weighted by Crippen LogP contribution is 2.30. The summed E-state index contributed by atoms with van der Waals surface area (Å²) in [4.78, 5) is 14.0. The largest absolute Gasteiger partial charge is 0.323 e. The van der Waals surface area contributed by atoms with E-state index in [1.54, 1.807) is 0 Å². The molecular weight excluding hydrogens is 188 g/mol. The van der Waals surface area contributed by atoms with E-state index in [4.69, 9.17) is 0 Å². The predicted molar refractivity (Wildman–Crippen MR) is 60.3 cm³/mol. The number of nitrogens with zero attached hydrogens (tertiary/aromatic N) is 1. The van der Waals surface area contributed by atoms with Crippen LogP contribution in [0.2, 0.25) is 0 Å². The Balaban J connectivity index is 2.09. The van der Waals surface area contributed by atoms with E-state index in [2.05, 4.69) is 24.1 Å². The Morgan fingerprint density at radius 3 is 2.80 bits per heavy atom. The molecule has 2 aliphatic rings. The molecule has 0 spiro atoms. The second kappa shape index (κ2) is 4.52. The topological polar surface area (TPSA) is 32.3 Å². The fourth-order valence-electron chi connectivity index (χ4n) is 3.04. The van der Waals surface area contributed by atoms with Gasteiger partial charge in [-0.3, -0.25) is 10.1 Å². The quantitative estimate of drug-likeness (QED) is 0.753. The average molecular weight is 210 g/mol. The highest BCUT2D eigenvalue weighted by Gasteiger charge is 2.37. The van der Waals surface area contributed by atoms with Crippen LogP contribution in [0.5, 0.6) is 0 Å². The van der Waals surface area contributed by atoms with Gasteiger partial charge in [0.25, 0.3) is 0 Å². The summed E-state index contributed by atoms with van der Waals surface area (Å²) < 4.78 is 0. The molecule has 3 heteroatoms. The number of nitrogens with one attached hydrogen (secondary N) is 1. The highest BCUT2D eigenvalue weighted by molar-refractivity contribution is 5.81. The number of amides is 1. The maximum atomic E-state index is 11.9. The molecule has 2 rings (SSSR count). The minimum atomic E-state index is 0.294. The second-order valence-electron chi connectivity index (χ2n) is 4.94. The molecular formula is C12H22N2O. The molecule has 2 fully saturated rings. The molecule has 1 aliphatic carbocycles. The molecule has 0 aromatic carbocycles. The lowest BCUT2D eigenvalue weighted by Crippen LogP contribution is -2.48. The van der Waals surface area contributed by atoms with Crippen LogP contribution < -0.4 is 5.32 Å². The number of carbonyl (C=O) groups is 1. The van der Waals surface area contributed by atoms with Gasteiger partial charge in [0.05, 0.1) is 12.7 Å². The van der Waals surface area contributed by atoms with Crippen LogP contribution in [0.4, 0.5) is 0 Å². The molecule has 3 nitrogen and oxygen atoms in total. The van der Waals surface area contributed by atoms with Gasteiger partial charge in [-0.25, -0.2) is 0 Å². The first-order valence-electron chi connectivity index (χ1n) is 6.28. The van der Waals surface area contributed by atoms with Crippen molar-refractivity contribution in [3.05, 3.63) is 0 Å². The molecule has 3 unspecified atom stereocenters. The summed E-state index contributed by atoms with van der Waals surface area (Å²) in [7, 11) is 0. The summed E-state index contributed by atoms with van der Waals surface area (Å²) in [6.07, 6.45) is 6.42. The normalized spacial score (nSPS) is 37.3. The van der Waals surface area contributed by atoms with Gasteiger partial charge < -0.3 is 4.90 Å². The van der Waals surface area contributed by atoms with Crippen LogP contribution >= 0.6 is 0 Å². The number of carbonyl (C=O) groups excluding carboxylic acids is 1. The maximum Gasteiger partial charge on any atom is 0.238 e. The Bertz CT molecular complexity index is 242. The number of hydrogen-bond acceptors (Lipinski definition) is 2. The molecule has 86 valence electrons. The van der Waals surface area contributed by atoms with Crippen molar-refractivity contribution in [1.29, 1.82) is 0 Å². The van der Waals surface area contributed by atoms with Crippen LogP contribution in [0.1, 0.15) is 46.0 Å². The van der Waals surface area contributed by atoms with Crippen molar-refractivity contribution in [2.45, 2.75) is 58.2 Å². The van der Waals surface area contributed by atoms with Gasteiger partial charge in [0.1, 0.15) is 0 Å². The third-order valence-corrected chi connectivity index (χ3v) is 3.92. The Hall–Kier alpha value is -0.570. The van der Waals surface area contributed by atoms with Crippen molar-refractivity contribution in [3.8, 4) is 0 Å². The van der Waals surface area contributed by atoms with Crippen molar-refractivity contribution in [2.24, 2.45) is 5.92 Å². The Kier molecular flexibility index (Phi) is 3.29. The van der Waals surface area contributed by atoms with E-state index < -0.39 is 0 Å². The van der Waals surface area contributed by atoms with E-state index in [9.17, 15) is 4.79 Å². The first-order valence-corrected chi connectivity index (χ1v) is 6.28. The molecule has 0 bridgehead atoms. The Labute approximate surface area is 92.2 Å². The third-order valence-electron chi connectivity index (χ3n) is 3.92. The van der Waals surface area contributed by atoms with Crippen molar-refractivity contribution in [1.82, 2.24) is 10.2 Å². The minimum absolute atomic E-state index is 0.294. The molecule has 15 heavy (non-hydrogen) atoms. The van der Waals surface area contributed by atoms with Gasteiger partial charge in [0.2, 0.25) is 5.91 Å². The SMILES string of the molecule is CCC1NCC(=O)N1C1CCCCC1C. The molecule has 0 radical (unpaired) electrons. The molecule has 1 N–H and O–H groups in total. The summed E-state index contributed by atoms with van der Waals surface area (Å²) in [5, 5.41) is 3.30. The standard InChI is InChI=1S/C12H22N2O/c1-3-11-13-8-12(15)14(11)10-7-5-4-6-9(10)2/h9-11,13H,3-8H2,1-2H3. The second-order valence-corrected chi connectivity index (χ2v) is 4.94. The molecule has 1 aliphatic heterocycles. The summed E-state index contributed by atoms with van der Waals surface area (Å²) in [6.45, 7) is 4.99. The molecule has 1 saturated carbocycles. The predicted octanol–water partition coefficient (Wildman–Crippen LogP) is 1.73. The Morgan fingerprint density at radius 1 is 1.40 bits per heavy atom. The molecule has 0 aromatic rings. The van der Waals surface area contributed by atoms with Crippen LogP contribution in [0.25, 0.3) is 0 Å². The van der Waals surface area contributed by atoms with Crippen LogP contribution in [0, 0.1) is 5.92 Å². The summed E-state index contributed by atoms with van der Waals surface area (Å²) in [5.41, 5.74) is 0. The van der Waals surface area contributed by atoms with Crippen LogP contribution in [0.15, 0.2) is 0 Å². The van der Waals surface area contributed by atoms with Gasteiger partial charge in [0.15, 0.2) is 0 Å². The van der Waals surface area contributed by atoms with E-state index in [-0.39, 0.29) is 0 Å². The molecule has 1 amide bonds. The van der Waals surface area contributed by atoms with Gasteiger partial charge in [-0.2, -0.15) is 0 Å².